The molecule has 0 aliphatic carbocycles. The summed E-state index contributed by atoms with van der Waals surface area (Å²) in [5.74, 6) is 0. The fourth-order valence-corrected chi connectivity index (χ4v) is 1.72. The summed E-state index contributed by atoms with van der Waals surface area (Å²) in [6, 6.07) is 7.45. The molecule has 1 aromatic carbocycles. The third-order valence-corrected chi connectivity index (χ3v) is 2.58. The molecule has 0 radical (unpaired) electrons. The Hall–Kier alpha value is -1.88. The first-order chi connectivity index (χ1) is 7.83. The lowest BCUT2D eigenvalue weighted by molar-refractivity contribution is 0.514. The van der Waals surface area contributed by atoms with E-state index in [1.165, 1.54) is 0 Å². The maximum atomic E-state index is 5.88. The van der Waals surface area contributed by atoms with Crippen LogP contribution in [0.4, 0.5) is 5.69 Å². The number of nitrogens with zero attached hydrogens (tertiary/aromatic N) is 5. The van der Waals surface area contributed by atoms with Crippen molar-refractivity contribution in [1.82, 2.24) is 9.89 Å². The van der Waals surface area contributed by atoms with Crippen molar-refractivity contribution in [3.63, 3.8) is 0 Å². The molecule has 0 atom stereocenters. The minimum atomic E-state index is 0.637. The van der Waals surface area contributed by atoms with Crippen molar-refractivity contribution in [3.05, 3.63) is 47.2 Å². The molecule has 16 heavy (non-hydrogen) atoms. The van der Waals surface area contributed by atoms with Gasteiger partial charge in [0.2, 0.25) is 0 Å². The summed E-state index contributed by atoms with van der Waals surface area (Å²) >= 11 is 5.88. The third-order valence-electron chi connectivity index (χ3n) is 2.34. The van der Waals surface area contributed by atoms with Gasteiger partial charge in [0.1, 0.15) is 0 Å². The lowest BCUT2D eigenvalue weighted by Gasteiger charge is -2.21. The third kappa shape index (κ3) is 1.55. The van der Waals surface area contributed by atoms with E-state index in [2.05, 4.69) is 15.4 Å². The number of aromatic nitrogens is 2. The lowest BCUT2D eigenvalue weighted by atomic mass is 10.2. The molecule has 0 unspecified atom stereocenters. The lowest BCUT2D eigenvalue weighted by Crippen LogP contribution is -2.29. The van der Waals surface area contributed by atoms with Crippen LogP contribution in [-0.2, 0) is 6.54 Å². The zero-order chi connectivity index (χ0) is 11.0. The number of benzene rings is 1. The van der Waals surface area contributed by atoms with Crippen molar-refractivity contribution in [2.45, 2.75) is 6.54 Å². The van der Waals surface area contributed by atoms with Crippen molar-refractivity contribution < 1.29 is 0 Å². The Kier molecular flexibility index (Phi) is 2.11. The van der Waals surface area contributed by atoms with E-state index in [-0.39, 0.29) is 0 Å². The molecule has 0 N–H and O–H groups in total. The summed E-state index contributed by atoms with van der Waals surface area (Å²) < 4.78 is 0. The first kappa shape index (κ1) is 9.35. The van der Waals surface area contributed by atoms with Crippen LogP contribution in [0.15, 0.2) is 47.0 Å². The van der Waals surface area contributed by atoms with Gasteiger partial charge in [-0.05, 0) is 23.4 Å². The number of halogens is 1. The van der Waals surface area contributed by atoms with Crippen LogP contribution in [0.3, 0.4) is 0 Å². The van der Waals surface area contributed by atoms with Gasteiger partial charge in [-0.3, -0.25) is 0 Å². The highest BCUT2D eigenvalue weighted by molar-refractivity contribution is 6.30. The average molecular weight is 234 g/mol. The first-order valence-corrected chi connectivity index (χ1v) is 5.18. The van der Waals surface area contributed by atoms with Crippen molar-refractivity contribution >= 4 is 17.3 Å². The maximum absolute atomic E-state index is 5.88. The van der Waals surface area contributed by atoms with Gasteiger partial charge in [0.15, 0.2) is 0 Å². The predicted octanol–water partition coefficient (Wildman–Crippen LogP) is 2.69. The highest BCUT2D eigenvalue weighted by Crippen LogP contribution is 2.28. The molecule has 0 fully saturated rings. The first-order valence-electron chi connectivity index (χ1n) is 4.80. The summed E-state index contributed by atoms with van der Waals surface area (Å²) in [5.41, 5.74) is 1.89. The molecular formula is C10H8ClN5. The van der Waals surface area contributed by atoms with Crippen LogP contribution in [-0.4, -0.2) is 9.89 Å². The van der Waals surface area contributed by atoms with Crippen LogP contribution in [0.5, 0.6) is 0 Å². The van der Waals surface area contributed by atoms with Gasteiger partial charge in [-0.25, -0.2) is 0 Å². The smallest absolute Gasteiger partial charge is 0.0941 e. The SMILES string of the molecule is Clc1ccc2c(c1)N=NN(n1cccn1)C2. The molecule has 1 aromatic heterocycles. The van der Waals surface area contributed by atoms with Gasteiger partial charge in [0.05, 0.1) is 24.6 Å². The minimum Gasteiger partial charge on any atom is -0.162 e. The average Bonchev–Trinajstić information content (AvgIpc) is 2.82. The topological polar surface area (TPSA) is 45.8 Å². The molecule has 1 aliphatic heterocycles. The quantitative estimate of drug-likeness (QED) is 0.760. The standard InChI is InChI=1S/C10H8ClN5/c11-9-3-2-8-7-16(14-13-10(8)6-9)15-5-1-4-12-15/h1-6H,7H2. The van der Waals surface area contributed by atoms with E-state index in [9.17, 15) is 0 Å². The van der Waals surface area contributed by atoms with Gasteiger partial charge in [-0.2, -0.15) is 15.0 Å². The largest absolute Gasteiger partial charge is 0.162 e. The zero-order valence-electron chi connectivity index (χ0n) is 8.29. The second-order valence-corrected chi connectivity index (χ2v) is 3.86. The summed E-state index contributed by atoms with van der Waals surface area (Å²) in [4.78, 5) is 1.64. The molecule has 1 aliphatic rings. The predicted molar refractivity (Wildman–Crippen MR) is 60.1 cm³/mol. The van der Waals surface area contributed by atoms with E-state index in [1.807, 2.05) is 24.4 Å². The van der Waals surface area contributed by atoms with E-state index in [0.29, 0.717) is 11.6 Å². The summed E-state index contributed by atoms with van der Waals surface area (Å²) in [6.07, 6.45) is 3.52. The van der Waals surface area contributed by atoms with Crippen LogP contribution in [0.25, 0.3) is 0 Å². The Balaban J connectivity index is 1.96. The fourth-order valence-electron chi connectivity index (χ4n) is 1.56. The summed E-state index contributed by atoms with van der Waals surface area (Å²) in [7, 11) is 0. The van der Waals surface area contributed by atoms with Crippen molar-refractivity contribution in [1.29, 1.82) is 0 Å². The second kappa shape index (κ2) is 3.61. The zero-order valence-corrected chi connectivity index (χ0v) is 9.04. The van der Waals surface area contributed by atoms with E-state index < -0.39 is 0 Å². The molecule has 6 heteroatoms. The molecule has 0 saturated heterocycles. The molecule has 0 amide bonds. The number of hydrogen-bond donors (Lipinski definition) is 0. The number of rotatable bonds is 1. The van der Waals surface area contributed by atoms with Gasteiger partial charge >= 0.3 is 0 Å². The second-order valence-electron chi connectivity index (χ2n) is 3.42. The van der Waals surface area contributed by atoms with E-state index in [0.717, 1.165) is 11.3 Å². The van der Waals surface area contributed by atoms with Gasteiger partial charge in [-0.1, -0.05) is 17.7 Å². The Morgan fingerprint density at radius 1 is 1.31 bits per heavy atom. The normalized spacial score (nSPS) is 13.9. The van der Waals surface area contributed by atoms with Crippen LogP contribution >= 0.6 is 11.6 Å². The Morgan fingerprint density at radius 2 is 2.25 bits per heavy atom. The van der Waals surface area contributed by atoms with Crippen molar-refractivity contribution in [3.8, 4) is 0 Å². The minimum absolute atomic E-state index is 0.637. The van der Waals surface area contributed by atoms with Gasteiger partial charge in [0.25, 0.3) is 0 Å². The molecule has 2 aromatic rings. The van der Waals surface area contributed by atoms with Crippen LogP contribution in [0, 0.1) is 0 Å². The molecular weight excluding hydrogens is 226 g/mol. The van der Waals surface area contributed by atoms with Crippen LogP contribution in [0.1, 0.15) is 5.56 Å². The van der Waals surface area contributed by atoms with Gasteiger partial charge < -0.3 is 0 Å². The van der Waals surface area contributed by atoms with E-state index in [1.54, 1.807) is 22.2 Å². The Bertz CT molecular complexity index is 534. The van der Waals surface area contributed by atoms with Crippen LogP contribution in [0.2, 0.25) is 5.02 Å². The summed E-state index contributed by atoms with van der Waals surface area (Å²) in [5, 5.41) is 14.6. The Morgan fingerprint density at radius 3 is 3.06 bits per heavy atom. The van der Waals surface area contributed by atoms with Gasteiger partial charge in [0, 0.05) is 10.6 Å². The van der Waals surface area contributed by atoms with Crippen molar-refractivity contribution in [2.75, 3.05) is 5.12 Å². The summed E-state index contributed by atoms with van der Waals surface area (Å²) in [6.45, 7) is 0.637. The van der Waals surface area contributed by atoms with E-state index in [4.69, 9.17) is 11.6 Å². The highest BCUT2D eigenvalue weighted by atomic mass is 35.5. The number of fused-ring (bicyclic) bond motifs is 1. The molecule has 80 valence electrons. The van der Waals surface area contributed by atoms with E-state index >= 15 is 0 Å². The molecule has 3 rings (SSSR count). The Labute approximate surface area is 96.9 Å². The number of hydrogen-bond acceptors (Lipinski definition) is 4. The fraction of sp³-hybridized carbons (Fsp3) is 0.100. The highest BCUT2D eigenvalue weighted by Gasteiger charge is 2.14. The van der Waals surface area contributed by atoms with Gasteiger partial charge in [-0.15, -0.1) is 5.11 Å². The monoisotopic (exact) mass is 233 g/mol. The molecule has 5 nitrogen and oxygen atoms in total. The molecule has 0 spiro atoms. The van der Waals surface area contributed by atoms with Crippen LogP contribution < -0.4 is 5.12 Å². The maximum Gasteiger partial charge on any atom is 0.0941 e. The van der Waals surface area contributed by atoms with Crippen molar-refractivity contribution in [2.24, 2.45) is 10.3 Å². The molecule has 0 bridgehead atoms. The molecule has 0 saturated carbocycles. The molecule has 2 heterocycles.